The van der Waals surface area contributed by atoms with Gasteiger partial charge >= 0.3 is 0 Å². The van der Waals surface area contributed by atoms with Crippen LogP contribution in [-0.2, 0) is 13.2 Å². The Bertz CT molecular complexity index is 221. The Hall–Kier alpha value is -0.860. The molecule has 0 atom stereocenters. The van der Waals surface area contributed by atoms with Crippen LogP contribution in [0.3, 0.4) is 0 Å². The fourth-order valence-electron chi connectivity index (χ4n) is 1.13. The predicted molar refractivity (Wildman–Crippen MR) is 43.0 cm³/mol. The van der Waals surface area contributed by atoms with Crippen molar-refractivity contribution in [1.29, 1.82) is 0 Å². The summed E-state index contributed by atoms with van der Waals surface area (Å²) in [7, 11) is 0. The van der Waals surface area contributed by atoms with Crippen LogP contribution < -0.4 is 0 Å². The van der Waals surface area contributed by atoms with E-state index in [0.29, 0.717) is 0 Å². The summed E-state index contributed by atoms with van der Waals surface area (Å²) in [6, 6.07) is 5.60. The second-order valence-corrected chi connectivity index (χ2v) is 2.64. The zero-order valence-corrected chi connectivity index (χ0v) is 6.54. The second-order valence-electron chi connectivity index (χ2n) is 2.64. The van der Waals surface area contributed by atoms with Gasteiger partial charge in [0.2, 0.25) is 0 Å². The van der Waals surface area contributed by atoms with E-state index in [2.05, 4.69) is 0 Å². The fourth-order valence-corrected chi connectivity index (χ4v) is 1.13. The average Bonchev–Trinajstić information content (AvgIpc) is 2.03. The van der Waals surface area contributed by atoms with E-state index in [4.69, 9.17) is 10.2 Å². The lowest BCUT2D eigenvalue weighted by Gasteiger charge is -2.02. The number of rotatable bonds is 2. The highest BCUT2D eigenvalue weighted by Gasteiger charge is 1.95. The molecule has 0 heterocycles. The van der Waals surface area contributed by atoms with Gasteiger partial charge in [-0.05, 0) is 18.1 Å². The fraction of sp³-hybridized carbons (Fsp3) is 0.333. The number of benzene rings is 1. The number of hydrogen-bond acceptors (Lipinski definition) is 2. The van der Waals surface area contributed by atoms with Crippen LogP contribution in [0.25, 0.3) is 0 Å². The van der Waals surface area contributed by atoms with E-state index in [9.17, 15) is 0 Å². The summed E-state index contributed by atoms with van der Waals surface area (Å²) in [5.41, 5.74) is 2.78. The quantitative estimate of drug-likeness (QED) is 0.663. The average molecular weight is 152 g/mol. The minimum Gasteiger partial charge on any atom is -0.392 e. The van der Waals surface area contributed by atoms with E-state index in [0.717, 1.165) is 16.7 Å². The lowest BCUT2D eigenvalue weighted by atomic mass is 10.1. The van der Waals surface area contributed by atoms with Crippen molar-refractivity contribution >= 4 is 0 Å². The summed E-state index contributed by atoms with van der Waals surface area (Å²) in [6.07, 6.45) is 0. The van der Waals surface area contributed by atoms with Crippen molar-refractivity contribution in [3.63, 3.8) is 0 Å². The third kappa shape index (κ3) is 2.03. The van der Waals surface area contributed by atoms with E-state index in [-0.39, 0.29) is 13.2 Å². The topological polar surface area (TPSA) is 40.5 Å². The van der Waals surface area contributed by atoms with E-state index in [1.807, 2.05) is 19.1 Å². The first-order valence-electron chi connectivity index (χ1n) is 3.57. The molecule has 0 saturated carbocycles. The number of aryl methyl sites for hydroxylation is 1. The summed E-state index contributed by atoms with van der Waals surface area (Å²) in [4.78, 5) is 0. The minimum absolute atomic E-state index is 0.0364. The maximum absolute atomic E-state index is 8.80. The zero-order valence-electron chi connectivity index (χ0n) is 6.54. The Morgan fingerprint density at radius 2 is 1.45 bits per heavy atom. The first-order chi connectivity index (χ1) is 5.26. The van der Waals surface area contributed by atoms with Gasteiger partial charge < -0.3 is 10.2 Å². The Morgan fingerprint density at radius 3 is 1.82 bits per heavy atom. The van der Waals surface area contributed by atoms with Gasteiger partial charge in [0.25, 0.3) is 0 Å². The van der Waals surface area contributed by atoms with E-state index < -0.39 is 0 Å². The van der Waals surface area contributed by atoms with Gasteiger partial charge in [-0.2, -0.15) is 0 Å². The lowest BCUT2D eigenvalue weighted by Crippen LogP contribution is -1.89. The molecule has 2 nitrogen and oxygen atoms in total. The number of aliphatic hydroxyl groups is 2. The summed E-state index contributed by atoms with van der Waals surface area (Å²) >= 11 is 0. The Labute approximate surface area is 66.1 Å². The summed E-state index contributed by atoms with van der Waals surface area (Å²) < 4.78 is 0. The molecule has 0 amide bonds. The molecule has 60 valence electrons. The first kappa shape index (κ1) is 8.24. The van der Waals surface area contributed by atoms with Gasteiger partial charge in [0, 0.05) is 0 Å². The smallest absolute Gasteiger partial charge is 0.0682 e. The summed E-state index contributed by atoms with van der Waals surface area (Å²) in [6.45, 7) is 2.02. The SMILES string of the molecule is Cc1cc(CO)cc(CO)c1. The number of aliphatic hydroxyl groups excluding tert-OH is 2. The van der Waals surface area contributed by atoms with Gasteiger partial charge in [-0.25, -0.2) is 0 Å². The van der Waals surface area contributed by atoms with Crippen LogP contribution in [0.1, 0.15) is 16.7 Å². The van der Waals surface area contributed by atoms with Crippen molar-refractivity contribution in [3.8, 4) is 0 Å². The molecular formula is C9H12O2. The van der Waals surface area contributed by atoms with Crippen molar-refractivity contribution in [3.05, 3.63) is 34.9 Å². The van der Waals surface area contributed by atoms with Crippen LogP contribution in [-0.4, -0.2) is 10.2 Å². The van der Waals surface area contributed by atoms with Crippen LogP contribution in [0.2, 0.25) is 0 Å². The molecule has 1 aromatic carbocycles. The van der Waals surface area contributed by atoms with Crippen molar-refractivity contribution in [2.75, 3.05) is 0 Å². The van der Waals surface area contributed by atoms with Gasteiger partial charge in [0.15, 0.2) is 0 Å². The third-order valence-corrected chi connectivity index (χ3v) is 1.56. The molecule has 0 radical (unpaired) electrons. The highest BCUT2D eigenvalue weighted by atomic mass is 16.3. The highest BCUT2D eigenvalue weighted by molar-refractivity contribution is 5.28. The van der Waals surface area contributed by atoms with Crippen LogP contribution in [0.4, 0.5) is 0 Å². The molecule has 2 heteroatoms. The van der Waals surface area contributed by atoms with Crippen molar-refractivity contribution in [2.24, 2.45) is 0 Å². The molecule has 0 fully saturated rings. The Morgan fingerprint density at radius 1 is 1.00 bits per heavy atom. The molecular weight excluding hydrogens is 140 g/mol. The van der Waals surface area contributed by atoms with Crippen molar-refractivity contribution in [2.45, 2.75) is 20.1 Å². The molecule has 0 saturated heterocycles. The molecule has 0 aliphatic heterocycles. The van der Waals surface area contributed by atoms with E-state index >= 15 is 0 Å². The monoisotopic (exact) mass is 152 g/mol. The molecule has 0 spiro atoms. The van der Waals surface area contributed by atoms with Gasteiger partial charge in [0.05, 0.1) is 13.2 Å². The molecule has 0 unspecified atom stereocenters. The first-order valence-corrected chi connectivity index (χ1v) is 3.57. The Balaban J connectivity index is 3.02. The zero-order chi connectivity index (χ0) is 8.27. The van der Waals surface area contributed by atoms with Crippen LogP contribution in [0.5, 0.6) is 0 Å². The second kappa shape index (κ2) is 3.51. The van der Waals surface area contributed by atoms with Crippen LogP contribution in [0.15, 0.2) is 18.2 Å². The standard InChI is InChI=1S/C9H12O2/c1-7-2-8(5-10)4-9(3-7)6-11/h2-4,10-11H,5-6H2,1H3. The van der Waals surface area contributed by atoms with Crippen LogP contribution in [0, 0.1) is 6.92 Å². The van der Waals surface area contributed by atoms with Crippen LogP contribution >= 0.6 is 0 Å². The van der Waals surface area contributed by atoms with Gasteiger partial charge in [-0.1, -0.05) is 23.8 Å². The molecule has 2 N–H and O–H groups in total. The summed E-state index contributed by atoms with van der Waals surface area (Å²) in [5.74, 6) is 0. The van der Waals surface area contributed by atoms with E-state index in [1.54, 1.807) is 6.07 Å². The maximum atomic E-state index is 8.80. The van der Waals surface area contributed by atoms with Gasteiger partial charge in [-0.15, -0.1) is 0 Å². The largest absolute Gasteiger partial charge is 0.392 e. The van der Waals surface area contributed by atoms with Crippen molar-refractivity contribution < 1.29 is 10.2 Å². The minimum atomic E-state index is 0.0364. The molecule has 0 aliphatic rings. The highest BCUT2D eigenvalue weighted by Crippen LogP contribution is 2.09. The third-order valence-electron chi connectivity index (χ3n) is 1.56. The summed E-state index contributed by atoms with van der Waals surface area (Å²) in [5, 5.41) is 17.6. The van der Waals surface area contributed by atoms with Gasteiger partial charge in [0.1, 0.15) is 0 Å². The number of hydrogen-bond donors (Lipinski definition) is 2. The molecule has 1 rings (SSSR count). The molecule has 0 aromatic heterocycles. The molecule has 0 aliphatic carbocycles. The van der Waals surface area contributed by atoms with E-state index in [1.165, 1.54) is 0 Å². The molecule has 1 aromatic rings. The lowest BCUT2D eigenvalue weighted by molar-refractivity contribution is 0.275. The van der Waals surface area contributed by atoms with Gasteiger partial charge in [-0.3, -0.25) is 0 Å². The predicted octanol–water partition coefficient (Wildman–Crippen LogP) is 0.980. The normalized spacial score (nSPS) is 10.1. The molecule has 11 heavy (non-hydrogen) atoms. The molecule has 0 bridgehead atoms. The van der Waals surface area contributed by atoms with Crippen molar-refractivity contribution in [1.82, 2.24) is 0 Å². The Kier molecular flexibility index (Phi) is 2.63. The maximum Gasteiger partial charge on any atom is 0.0682 e.